The Balaban J connectivity index is 2.16. The van der Waals surface area contributed by atoms with Crippen molar-refractivity contribution in [3.8, 4) is 0 Å². The second-order valence-electron chi connectivity index (χ2n) is 4.56. The van der Waals surface area contributed by atoms with Crippen LogP contribution in [0.1, 0.15) is 32.1 Å². The Kier molecular flexibility index (Phi) is 3.05. The molecule has 3 nitrogen and oxygen atoms in total. The highest BCUT2D eigenvalue weighted by Gasteiger charge is 2.48. The van der Waals surface area contributed by atoms with Gasteiger partial charge < -0.3 is 5.11 Å². The maximum absolute atomic E-state index is 11.4. The highest BCUT2D eigenvalue weighted by Crippen LogP contribution is 2.47. The zero-order valence-electron chi connectivity index (χ0n) is 8.70. The molecule has 0 spiro atoms. The van der Waals surface area contributed by atoms with E-state index in [0.717, 1.165) is 17.9 Å². The molecular formula is C11H16O3S. The van der Waals surface area contributed by atoms with E-state index in [1.54, 1.807) is 0 Å². The van der Waals surface area contributed by atoms with Crippen LogP contribution in [0.15, 0.2) is 0 Å². The predicted molar refractivity (Wildman–Crippen MR) is 59.0 cm³/mol. The number of aliphatic carboxylic acids is 1. The number of hydrogen-bond acceptors (Lipinski definition) is 3. The fraction of sp³-hybridized carbons (Fsp3) is 0.818. The summed E-state index contributed by atoms with van der Waals surface area (Å²) in [6.07, 6.45) is 3.06. The minimum Gasteiger partial charge on any atom is -0.481 e. The molecule has 2 aliphatic rings. The average molecular weight is 228 g/mol. The Hall–Kier alpha value is -0.510. The van der Waals surface area contributed by atoms with Crippen molar-refractivity contribution in [1.29, 1.82) is 0 Å². The summed E-state index contributed by atoms with van der Waals surface area (Å²) in [5, 5.41) is 9.41. The third kappa shape index (κ3) is 1.92. The summed E-state index contributed by atoms with van der Waals surface area (Å²) >= 11 is 1.84. The van der Waals surface area contributed by atoms with Crippen LogP contribution in [0.3, 0.4) is 0 Å². The van der Waals surface area contributed by atoms with Gasteiger partial charge in [0.2, 0.25) is 0 Å². The first kappa shape index (κ1) is 11.0. The number of Topliss-reactive ketones (excluding diaryl/α,β-unsaturated/α-hetero) is 1. The minimum absolute atomic E-state index is 0.234. The van der Waals surface area contributed by atoms with Gasteiger partial charge in [0, 0.05) is 12.8 Å². The van der Waals surface area contributed by atoms with Crippen LogP contribution in [0.4, 0.5) is 0 Å². The van der Waals surface area contributed by atoms with E-state index in [1.807, 2.05) is 11.8 Å². The van der Waals surface area contributed by atoms with Crippen LogP contribution < -0.4 is 0 Å². The normalized spacial score (nSPS) is 30.4. The molecule has 0 aromatic rings. The van der Waals surface area contributed by atoms with Gasteiger partial charge in [0.1, 0.15) is 5.78 Å². The third-order valence-corrected chi connectivity index (χ3v) is 5.00. The maximum atomic E-state index is 11.4. The average Bonchev–Trinajstić information content (AvgIpc) is 2.72. The topological polar surface area (TPSA) is 54.4 Å². The number of ketones is 1. The number of carbonyl (C=O) groups is 2. The Labute approximate surface area is 93.6 Å². The summed E-state index contributed by atoms with van der Waals surface area (Å²) in [7, 11) is 0. The predicted octanol–water partition coefficient (Wildman–Crippen LogP) is 1.95. The molecule has 84 valence electrons. The van der Waals surface area contributed by atoms with Crippen LogP contribution in [0.2, 0.25) is 0 Å². The third-order valence-electron chi connectivity index (χ3n) is 3.84. The first-order valence-electron chi connectivity index (χ1n) is 5.48. The Morgan fingerprint density at radius 1 is 1.40 bits per heavy atom. The van der Waals surface area contributed by atoms with Gasteiger partial charge >= 0.3 is 5.97 Å². The van der Waals surface area contributed by atoms with E-state index in [9.17, 15) is 14.7 Å². The molecule has 0 aromatic carbocycles. The van der Waals surface area contributed by atoms with Crippen LogP contribution in [0, 0.1) is 11.3 Å². The van der Waals surface area contributed by atoms with E-state index in [2.05, 4.69) is 0 Å². The lowest BCUT2D eigenvalue weighted by molar-refractivity contribution is -0.155. The smallest absolute Gasteiger partial charge is 0.309 e. The maximum Gasteiger partial charge on any atom is 0.309 e. The molecule has 1 saturated heterocycles. The zero-order chi connectivity index (χ0) is 10.9. The number of rotatable bonds is 2. The highest BCUT2D eigenvalue weighted by molar-refractivity contribution is 7.99. The van der Waals surface area contributed by atoms with E-state index >= 15 is 0 Å². The summed E-state index contributed by atoms with van der Waals surface area (Å²) in [5.41, 5.74) is -0.586. The molecule has 1 saturated carbocycles. The number of carbonyl (C=O) groups excluding carboxylic acids is 1. The lowest BCUT2D eigenvalue weighted by Crippen LogP contribution is -2.42. The molecular weight excluding hydrogens is 212 g/mol. The van der Waals surface area contributed by atoms with Crippen LogP contribution >= 0.6 is 11.8 Å². The Morgan fingerprint density at radius 3 is 2.53 bits per heavy atom. The molecule has 1 unspecified atom stereocenters. The van der Waals surface area contributed by atoms with Crippen molar-refractivity contribution in [1.82, 2.24) is 0 Å². The molecule has 0 aromatic heterocycles. The van der Waals surface area contributed by atoms with E-state index < -0.39 is 11.4 Å². The molecule has 2 rings (SSSR count). The monoisotopic (exact) mass is 228 g/mol. The first-order chi connectivity index (χ1) is 7.15. The van der Waals surface area contributed by atoms with Crippen molar-refractivity contribution in [2.75, 3.05) is 11.5 Å². The van der Waals surface area contributed by atoms with Gasteiger partial charge in [-0.25, -0.2) is 0 Å². The van der Waals surface area contributed by atoms with Crippen molar-refractivity contribution < 1.29 is 14.7 Å². The van der Waals surface area contributed by atoms with Gasteiger partial charge in [0.15, 0.2) is 0 Å². The largest absolute Gasteiger partial charge is 0.481 e. The SMILES string of the molecule is O=C1CCC(C(=O)O)(C2CCSC2)CC1. The highest BCUT2D eigenvalue weighted by atomic mass is 32.2. The minimum atomic E-state index is -0.678. The molecule has 0 amide bonds. The van der Waals surface area contributed by atoms with E-state index in [1.165, 1.54) is 0 Å². The number of hydrogen-bond donors (Lipinski definition) is 1. The fourth-order valence-electron chi connectivity index (χ4n) is 2.74. The van der Waals surface area contributed by atoms with Gasteiger partial charge in [0.05, 0.1) is 5.41 Å². The Morgan fingerprint density at radius 2 is 2.07 bits per heavy atom. The van der Waals surface area contributed by atoms with E-state index in [0.29, 0.717) is 25.7 Å². The van der Waals surface area contributed by atoms with Crippen LogP contribution in [0.5, 0.6) is 0 Å². The standard InChI is InChI=1S/C11H16O3S/c12-9-1-4-11(5-2-9,10(13)14)8-3-6-15-7-8/h8H,1-7H2,(H,13,14). The van der Waals surface area contributed by atoms with Gasteiger partial charge in [-0.1, -0.05) is 0 Å². The molecule has 1 N–H and O–H groups in total. The number of carboxylic acid groups (broad SMARTS) is 1. The van der Waals surface area contributed by atoms with Crippen LogP contribution in [-0.2, 0) is 9.59 Å². The molecule has 1 aliphatic heterocycles. The van der Waals surface area contributed by atoms with Crippen LogP contribution in [-0.4, -0.2) is 28.4 Å². The van der Waals surface area contributed by atoms with Crippen molar-refractivity contribution in [2.24, 2.45) is 11.3 Å². The molecule has 4 heteroatoms. The van der Waals surface area contributed by atoms with Crippen LogP contribution in [0.25, 0.3) is 0 Å². The summed E-state index contributed by atoms with van der Waals surface area (Å²) < 4.78 is 0. The lowest BCUT2D eigenvalue weighted by Gasteiger charge is -2.37. The molecule has 2 fully saturated rings. The summed E-state index contributed by atoms with van der Waals surface area (Å²) in [6, 6.07) is 0. The summed E-state index contributed by atoms with van der Waals surface area (Å²) in [5.74, 6) is 1.88. The number of thioether (sulfide) groups is 1. The number of carboxylic acids is 1. The quantitative estimate of drug-likeness (QED) is 0.785. The molecule has 0 radical (unpaired) electrons. The molecule has 1 atom stereocenters. The van der Waals surface area contributed by atoms with E-state index in [4.69, 9.17) is 0 Å². The van der Waals surface area contributed by atoms with Crippen molar-refractivity contribution in [3.63, 3.8) is 0 Å². The second kappa shape index (κ2) is 4.16. The van der Waals surface area contributed by atoms with Crippen molar-refractivity contribution in [3.05, 3.63) is 0 Å². The summed E-state index contributed by atoms with van der Waals surface area (Å²) in [4.78, 5) is 22.6. The van der Waals surface area contributed by atoms with E-state index in [-0.39, 0.29) is 11.7 Å². The molecule has 0 bridgehead atoms. The second-order valence-corrected chi connectivity index (χ2v) is 5.71. The van der Waals surface area contributed by atoms with Crippen molar-refractivity contribution >= 4 is 23.5 Å². The lowest BCUT2D eigenvalue weighted by atomic mass is 9.65. The molecule has 15 heavy (non-hydrogen) atoms. The Bertz CT molecular complexity index is 272. The fourth-order valence-corrected chi connectivity index (χ4v) is 4.13. The molecule has 1 heterocycles. The van der Waals surface area contributed by atoms with Gasteiger partial charge in [-0.15, -0.1) is 0 Å². The molecule has 1 aliphatic carbocycles. The van der Waals surface area contributed by atoms with Gasteiger partial charge in [-0.05, 0) is 36.7 Å². The first-order valence-corrected chi connectivity index (χ1v) is 6.63. The summed E-state index contributed by atoms with van der Waals surface area (Å²) in [6.45, 7) is 0. The van der Waals surface area contributed by atoms with Gasteiger partial charge in [0.25, 0.3) is 0 Å². The zero-order valence-corrected chi connectivity index (χ0v) is 9.52. The van der Waals surface area contributed by atoms with Gasteiger partial charge in [-0.3, -0.25) is 9.59 Å². The van der Waals surface area contributed by atoms with Crippen molar-refractivity contribution in [2.45, 2.75) is 32.1 Å². The van der Waals surface area contributed by atoms with Gasteiger partial charge in [-0.2, -0.15) is 11.8 Å².